The van der Waals surface area contributed by atoms with E-state index in [4.69, 9.17) is 0 Å². The summed E-state index contributed by atoms with van der Waals surface area (Å²) in [5.74, 6) is 0.929. The number of halogens is 1. The number of fused-ring (bicyclic) bond motifs is 2. The molecule has 0 radical (unpaired) electrons. The van der Waals surface area contributed by atoms with Gasteiger partial charge in [0, 0.05) is 17.8 Å². The standard InChI is InChI=1S/C17H14FN3/c18-13-5-6-16-15(8-13)17(21-10-20-16)19-9-12-7-11-3-1-2-4-14(11)12/h1-6,8,10,12H,7,9H2,(H,19,20,21)/t12-/m1/s1. The van der Waals surface area contributed by atoms with Crippen molar-refractivity contribution in [3.8, 4) is 0 Å². The maximum Gasteiger partial charge on any atom is 0.137 e. The zero-order valence-electron chi connectivity index (χ0n) is 11.4. The molecule has 1 aliphatic carbocycles. The van der Waals surface area contributed by atoms with Crippen LogP contribution in [0.2, 0.25) is 0 Å². The lowest BCUT2D eigenvalue weighted by atomic mass is 9.77. The van der Waals surface area contributed by atoms with E-state index in [1.54, 1.807) is 6.07 Å². The second-order valence-corrected chi connectivity index (χ2v) is 5.36. The first-order valence-corrected chi connectivity index (χ1v) is 7.03. The first-order valence-electron chi connectivity index (χ1n) is 7.03. The van der Waals surface area contributed by atoms with Crippen molar-refractivity contribution in [2.24, 2.45) is 0 Å². The molecule has 3 aromatic rings. The maximum atomic E-state index is 13.4. The second kappa shape index (κ2) is 4.81. The van der Waals surface area contributed by atoms with Crippen molar-refractivity contribution in [1.29, 1.82) is 0 Å². The highest BCUT2D eigenvalue weighted by Crippen LogP contribution is 2.35. The number of benzene rings is 2. The molecule has 2 aromatic carbocycles. The van der Waals surface area contributed by atoms with Crippen molar-refractivity contribution in [1.82, 2.24) is 9.97 Å². The minimum atomic E-state index is -0.269. The molecule has 0 saturated heterocycles. The number of hydrogen-bond acceptors (Lipinski definition) is 3. The molecule has 1 heterocycles. The highest BCUT2D eigenvalue weighted by molar-refractivity contribution is 5.88. The quantitative estimate of drug-likeness (QED) is 0.797. The molecule has 3 nitrogen and oxygen atoms in total. The van der Waals surface area contributed by atoms with Crippen molar-refractivity contribution < 1.29 is 4.39 Å². The van der Waals surface area contributed by atoms with Crippen LogP contribution >= 0.6 is 0 Å². The van der Waals surface area contributed by atoms with Crippen LogP contribution < -0.4 is 5.32 Å². The van der Waals surface area contributed by atoms with Gasteiger partial charge < -0.3 is 5.32 Å². The average molecular weight is 279 g/mol. The summed E-state index contributed by atoms with van der Waals surface area (Å²) < 4.78 is 13.4. The van der Waals surface area contributed by atoms with E-state index in [0.29, 0.717) is 11.7 Å². The Bertz CT molecular complexity index is 816. The van der Waals surface area contributed by atoms with E-state index in [-0.39, 0.29) is 5.82 Å². The molecule has 1 aliphatic rings. The summed E-state index contributed by atoms with van der Waals surface area (Å²) >= 11 is 0. The number of aromatic nitrogens is 2. The fourth-order valence-corrected chi connectivity index (χ4v) is 2.93. The summed E-state index contributed by atoms with van der Waals surface area (Å²) in [6.07, 6.45) is 2.60. The van der Waals surface area contributed by atoms with Gasteiger partial charge >= 0.3 is 0 Å². The molecule has 0 fully saturated rings. The Morgan fingerprint density at radius 2 is 2.05 bits per heavy atom. The fourth-order valence-electron chi connectivity index (χ4n) is 2.93. The zero-order chi connectivity index (χ0) is 14.2. The molecule has 1 aromatic heterocycles. The average Bonchev–Trinajstić information content (AvgIpc) is 2.48. The highest BCUT2D eigenvalue weighted by atomic mass is 19.1. The van der Waals surface area contributed by atoms with Crippen LogP contribution in [0.4, 0.5) is 10.2 Å². The number of hydrogen-bond donors (Lipinski definition) is 1. The van der Waals surface area contributed by atoms with Gasteiger partial charge in [-0.3, -0.25) is 0 Å². The van der Waals surface area contributed by atoms with Gasteiger partial charge in [0.2, 0.25) is 0 Å². The van der Waals surface area contributed by atoms with Gasteiger partial charge in [0.05, 0.1) is 5.52 Å². The normalized spacial score (nSPS) is 16.3. The Balaban J connectivity index is 1.57. The SMILES string of the molecule is Fc1ccc2ncnc(NC[C@H]3Cc4ccccc43)c2c1. The van der Waals surface area contributed by atoms with E-state index in [1.807, 2.05) is 0 Å². The van der Waals surface area contributed by atoms with Crippen LogP contribution in [-0.4, -0.2) is 16.5 Å². The number of nitrogens with zero attached hydrogens (tertiary/aromatic N) is 2. The molecule has 104 valence electrons. The molecule has 21 heavy (non-hydrogen) atoms. The van der Waals surface area contributed by atoms with Gasteiger partial charge in [-0.25, -0.2) is 14.4 Å². The zero-order valence-corrected chi connectivity index (χ0v) is 11.4. The van der Waals surface area contributed by atoms with E-state index in [2.05, 4.69) is 39.6 Å². The minimum Gasteiger partial charge on any atom is -0.369 e. The third-order valence-electron chi connectivity index (χ3n) is 4.07. The molecule has 4 heteroatoms. The Hall–Kier alpha value is -2.49. The molecule has 0 amide bonds. The maximum absolute atomic E-state index is 13.4. The van der Waals surface area contributed by atoms with Crippen LogP contribution in [-0.2, 0) is 6.42 Å². The molecule has 0 spiro atoms. The smallest absolute Gasteiger partial charge is 0.137 e. The molecule has 0 saturated carbocycles. The summed E-state index contributed by atoms with van der Waals surface area (Å²) in [5, 5.41) is 4.07. The lowest BCUT2D eigenvalue weighted by molar-refractivity contribution is 0.629. The van der Waals surface area contributed by atoms with E-state index < -0.39 is 0 Å². The van der Waals surface area contributed by atoms with E-state index in [0.717, 1.165) is 23.9 Å². The third kappa shape index (κ3) is 2.13. The molecule has 1 N–H and O–H groups in total. The third-order valence-corrected chi connectivity index (χ3v) is 4.07. The summed E-state index contributed by atoms with van der Waals surface area (Å²) in [4.78, 5) is 8.41. The molecule has 4 rings (SSSR count). The Morgan fingerprint density at radius 1 is 1.14 bits per heavy atom. The lowest BCUT2D eigenvalue weighted by Gasteiger charge is -2.30. The molecular formula is C17H14FN3. The number of nitrogens with one attached hydrogen (secondary N) is 1. The molecule has 1 atom stereocenters. The Labute approximate surface area is 121 Å². The summed E-state index contributed by atoms with van der Waals surface area (Å²) in [6.45, 7) is 0.805. The van der Waals surface area contributed by atoms with Crippen LogP contribution in [0.5, 0.6) is 0 Å². The summed E-state index contributed by atoms with van der Waals surface area (Å²) in [6, 6.07) is 13.1. The minimum absolute atomic E-state index is 0.269. The van der Waals surface area contributed by atoms with Crippen molar-refractivity contribution >= 4 is 16.7 Å². The van der Waals surface area contributed by atoms with Crippen molar-refractivity contribution in [2.45, 2.75) is 12.3 Å². The van der Waals surface area contributed by atoms with Gasteiger partial charge in [-0.15, -0.1) is 0 Å². The van der Waals surface area contributed by atoms with Gasteiger partial charge in [0.25, 0.3) is 0 Å². The summed E-state index contributed by atoms with van der Waals surface area (Å²) in [5.41, 5.74) is 3.57. The molecular weight excluding hydrogens is 265 g/mol. The van der Waals surface area contributed by atoms with Gasteiger partial charge in [0.15, 0.2) is 0 Å². The lowest BCUT2D eigenvalue weighted by Crippen LogP contribution is -2.24. The van der Waals surface area contributed by atoms with Crippen LogP contribution in [0, 0.1) is 5.82 Å². The van der Waals surface area contributed by atoms with E-state index in [9.17, 15) is 4.39 Å². The second-order valence-electron chi connectivity index (χ2n) is 5.36. The van der Waals surface area contributed by atoms with Gasteiger partial charge in [-0.05, 0) is 35.7 Å². The van der Waals surface area contributed by atoms with E-state index >= 15 is 0 Å². The fraction of sp³-hybridized carbons (Fsp3) is 0.176. The van der Waals surface area contributed by atoms with Crippen LogP contribution in [0.15, 0.2) is 48.8 Å². The van der Waals surface area contributed by atoms with Crippen LogP contribution in [0.1, 0.15) is 17.0 Å². The first kappa shape index (κ1) is 12.3. The largest absolute Gasteiger partial charge is 0.369 e. The highest BCUT2D eigenvalue weighted by Gasteiger charge is 2.25. The molecule has 0 aliphatic heterocycles. The van der Waals surface area contributed by atoms with Crippen LogP contribution in [0.25, 0.3) is 10.9 Å². The Kier molecular flexibility index (Phi) is 2.81. The van der Waals surface area contributed by atoms with Gasteiger partial charge in [0.1, 0.15) is 18.0 Å². The summed E-state index contributed by atoms with van der Waals surface area (Å²) in [7, 11) is 0. The predicted octanol–water partition coefficient (Wildman–Crippen LogP) is 3.52. The van der Waals surface area contributed by atoms with Crippen molar-refractivity contribution in [2.75, 3.05) is 11.9 Å². The molecule has 0 bridgehead atoms. The van der Waals surface area contributed by atoms with Crippen molar-refractivity contribution in [3.05, 3.63) is 65.7 Å². The van der Waals surface area contributed by atoms with Gasteiger partial charge in [-0.1, -0.05) is 24.3 Å². The number of anilines is 1. The first-order chi connectivity index (χ1) is 10.3. The van der Waals surface area contributed by atoms with Crippen molar-refractivity contribution in [3.63, 3.8) is 0 Å². The van der Waals surface area contributed by atoms with E-state index in [1.165, 1.54) is 29.6 Å². The Morgan fingerprint density at radius 3 is 2.95 bits per heavy atom. The van der Waals surface area contributed by atoms with Crippen LogP contribution in [0.3, 0.4) is 0 Å². The van der Waals surface area contributed by atoms with Gasteiger partial charge in [-0.2, -0.15) is 0 Å². The number of rotatable bonds is 3. The topological polar surface area (TPSA) is 37.8 Å². The monoisotopic (exact) mass is 279 g/mol. The predicted molar refractivity (Wildman–Crippen MR) is 80.9 cm³/mol. The molecule has 0 unspecified atom stereocenters.